The van der Waals surface area contributed by atoms with Gasteiger partial charge in [-0.1, -0.05) is 6.92 Å². The third kappa shape index (κ3) is 5.01. The van der Waals surface area contributed by atoms with E-state index in [1.807, 2.05) is 4.90 Å². The van der Waals surface area contributed by atoms with E-state index in [1.165, 1.54) is 0 Å². The summed E-state index contributed by atoms with van der Waals surface area (Å²) in [4.78, 5) is 33.0. The zero-order valence-corrected chi connectivity index (χ0v) is 15.0. The SMILES string of the molecule is CC1CCN(C(=O)CN2CCCC(NC(=O)c3cccnc3)C2)CC1. The van der Waals surface area contributed by atoms with Gasteiger partial charge in [0, 0.05) is 38.1 Å². The molecule has 0 saturated carbocycles. The van der Waals surface area contributed by atoms with Crippen molar-refractivity contribution in [2.45, 2.75) is 38.6 Å². The summed E-state index contributed by atoms with van der Waals surface area (Å²) in [5, 5.41) is 3.08. The van der Waals surface area contributed by atoms with Gasteiger partial charge in [-0.05, 0) is 50.3 Å². The lowest BCUT2D eigenvalue weighted by atomic mass is 9.99. The topological polar surface area (TPSA) is 65.5 Å². The van der Waals surface area contributed by atoms with Crippen LogP contribution in [-0.4, -0.2) is 65.4 Å². The van der Waals surface area contributed by atoms with Crippen molar-refractivity contribution >= 4 is 11.8 Å². The van der Waals surface area contributed by atoms with Crippen LogP contribution in [0.2, 0.25) is 0 Å². The molecule has 0 radical (unpaired) electrons. The van der Waals surface area contributed by atoms with Crippen LogP contribution in [0.5, 0.6) is 0 Å². The molecule has 1 aromatic rings. The zero-order valence-electron chi connectivity index (χ0n) is 15.0. The van der Waals surface area contributed by atoms with Gasteiger partial charge in [0.05, 0.1) is 12.1 Å². The molecule has 2 saturated heterocycles. The standard InChI is InChI=1S/C19H28N4O2/c1-15-6-10-23(11-7-15)18(24)14-22-9-3-5-17(13-22)21-19(25)16-4-2-8-20-12-16/h2,4,8,12,15,17H,3,5-7,9-11,13-14H2,1H3,(H,21,25). The Labute approximate surface area is 149 Å². The Bertz CT molecular complexity index is 584. The summed E-state index contributed by atoms with van der Waals surface area (Å²) in [6, 6.07) is 3.62. The van der Waals surface area contributed by atoms with Gasteiger partial charge in [0.25, 0.3) is 5.91 Å². The summed E-state index contributed by atoms with van der Waals surface area (Å²) in [7, 11) is 0. The van der Waals surface area contributed by atoms with E-state index in [0.717, 1.165) is 57.8 Å². The Hall–Kier alpha value is -1.95. The molecule has 0 bridgehead atoms. The highest BCUT2D eigenvalue weighted by Gasteiger charge is 2.26. The van der Waals surface area contributed by atoms with Gasteiger partial charge in [-0.15, -0.1) is 0 Å². The summed E-state index contributed by atoms with van der Waals surface area (Å²) < 4.78 is 0. The first-order valence-electron chi connectivity index (χ1n) is 9.33. The molecular formula is C19H28N4O2. The fourth-order valence-corrected chi connectivity index (χ4v) is 3.63. The second kappa shape index (κ2) is 8.43. The quantitative estimate of drug-likeness (QED) is 0.900. The van der Waals surface area contributed by atoms with Crippen LogP contribution in [0.25, 0.3) is 0 Å². The predicted octanol–water partition coefficient (Wildman–Crippen LogP) is 1.53. The minimum Gasteiger partial charge on any atom is -0.348 e. The lowest BCUT2D eigenvalue weighted by Crippen LogP contribution is -2.51. The molecule has 3 heterocycles. The van der Waals surface area contributed by atoms with Crippen molar-refractivity contribution in [1.29, 1.82) is 0 Å². The van der Waals surface area contributed by atoms with Gasteiger partial charge >= 0.3 is 0 Å². The molecule has 2 aliphatic heterocycles. The predicted molar refractivity (Wildman–Crippen MR) is 96.1 cm³/mol. The normalized spacial score (nSPS) is 22.6. The molecule has 6 heteroatoms. The van der Waals surface area contributed by atoms with Crippen LogP contribution in [0.3, 0.4) is 0 Å². The maximum atomic E-state index is 12.5. The first kappa shape index (κ1) is 17.9. The molecule has 2 fully saturated rings. The number of rotatable bonds is 4. The molecule has 136 valence electrons. The van der Waals surface area contributed by atoms with Crippen molar-refractivity contribution in [3.05, 3.63) is 30.1 Å². The van der Waals surface area contributed by atoms with E-state index < -0.39 is 0 Å². The summed E-state index contributed by atoms with van der Waals surface area (Å²) in [5.41, 5.74) is 0.582. The Morgan fingerprint density at radius 2 is 2.04 bits per heavy atom. The molecule has 3 rings (SSSR count). The van der Waals surface area contributed by atoms with E-state index in [2.05, 4.69) is 22.1 Å². The molecule has 0 aliphatic carbocycles. The lowest BCUT2D eigenvalue weighted by molar-refractivity contribution is -0.134. The van der Waals surface area contributed by atoms with Crippen molar-refractivity contribution in [2.24, 2.45) is 5.92 Å². The Morgan fingerprint density at radius 1 is 1.24 bits per heavy atom. The van der Waals surface area contributed by atoms with E-state index in [-0.39, 0.29) is 17.9 Å². The molecular weight excluding hydrogens is 316 g/mol. The molecule has 25 heavy (non-hydrogen) atoms. The number of piperidine rings is 2. The van der Waals surface area contributed by atoms with Crippen LogP contribution in [0.4, 0.5) is 0 Å². The van der Waals surface area contributed by atoms with Gasteiger partial charge in [-0.25, -0.2) is 0 Å². The highest BCUT2D eigenvalue weighted by atomic mass is 16.2. The van der Waals surface area contributed by atoms with Crippen LogP contribution in [0.15, 0.2) is 24.5 Å². The zero-order chi connectivity index (χ0) is 17.6. The third-order valence-corrected chi connectivity index (χ3v) is 5.26. The first-order chi connectivity index (χ1) is 12.1. The molecule has 0 aromatic carbocycles. The number of hydrogen-bond donors (Lipinski definition) is 1. The van der Waals surface area contributed by atoms with E-state index in [1.54, 1.807) is 24.5 Å². The van der Waals surface area contributed by atoms with E-state index in [4.69, 9.17) is 0 Å². The molecule has 2 amide bonds. The number of hydrogen-bond acceptors (Lipinski definition) is 4. The Morgan fingerprint density at radius 3 is 2.76 bits per heavy atom. The fourth-order valence-electron chi connectivity index (χ4n) is 3.63. The lowest BCUT2D eigenvalue weighted by Gasteiger charge is -2.35. The van der Waals surface area contributed by atoms with Gasteiger partial charge in [-0.2, -0.15) is 0 Å². The van der Waals surface area contributed by atoms with Gasteiger partial charge in [0.1, 0.15) is 0 Å². The second-order valence-electron chi connectivity index (χ2n) is 7.35. The van der Waals surface area contributed by atoms with Crippen molar-refractivity contribution in [1.82, 2.24) is 20.1 Å². The monoisotopic (exact) mass is 344 g/mol. The largest absolute Gasteiger partial charge is 0.348 e. The number of pyridine rings is 1. The molecule has 6 nitrogen and oxygen atoms in total. The molecule has 1 unspecified atom stereocenters. The number of nitrogens with zero attached hydrogens (tertiary/aromatic N) is 3. The van der Waals surface area contributed by atoms with Crippen molar-refractivity contribution in [3.63, 3.8) is 0 Å². The van der Waals surface area contributed by atoms with Gasteiger partial charge in [0.2, 0.25) is 5.91 Å². The van der Waals surface area contributed by atoms with Gasteiger partial charge in [0.15, 0.2) is 0 Å². The molecule has 1 N–H and O–H groups in total. The molecule has 2 aliphatic rings. The molecule has 1 aromatic heterocycles. The third-order valence-electron chi connectivity index (χ3n) is 5.26. The summed E-state index contributed by atoms with van der Waals surface area (Å²) in [5.74, 6) is 0.869. The number of likely N-dealkylation sites (tertiary alicyclic amines) is 2. The van der Waals surface area contributed by atoms with E-state index >= 15 is 0 Å². The average Bonchev–Trinajstić information content (AvgIpc) is 2.63. The molecule has 1 atom stereocenters. The fraction of sp³-hybridized carbons (Fsp3) is 0.632. The van der Waals surface area contributed by atoms with Crippen LogP contribution in [0, 0.1) is 5.92 Å². The number of amides is 2. The van der Waals surface area contributed by atoms with Crippen molar-refractivity contribution in [3.8, 4) is 0 Å². The highest BCUT2D eigenvalue weighted by molar-refractivity contribution is 5.94. The highest BCUT2D eigenvalue weighted by Crippen LogP contribution is 2.17. The van der Waals surface area contributed by atoms with Gasteiger partial charge < -0.3 is 10.2 Å². The van der Waals surface area contributed by atoms with Crippen LogP contribution >= 0.6 is 0 Å². The van der Waals surface area contributed by atoms with Crippen LogP contribution in [-0.2, 0) is 4.79 Å². The van der Waals surface area contributed by atoms with Crippen LogP contribution in [0.1, 0.15) is 43.0 Å². The minimum atomic E-state index is -0.0868. The molecule has 0 spiro atoms. The Balaban J connectivity index is 1.48. The maximum absolute atomic E-state index is 12.5. The average molecular weight is 344 g/mol. The summed E-state index contributed by atoms with van der Waals surface area (Å²) in [6.45, 7) is 6.15. The minimum absolute atomic E-state index is 0.0868. The second-order valence-corrected chi connectivity index (χ2v) is 7.35. The summed E-state index contributed by atoms with van der Waals surface area (Å²) in [6.07, 6.45) is 7.41. The summed E-state index contributed by atoms with van der Waals surface area (Å²) >= 11 is 0. The maximum Gasteiger partial charge on any atom is 0.253 e. The number of aromatic nitrogens is 1. The Kier molecular flexibility index (Phi) is 6.02. The van der Waals surface area contributed by atoms with Crippen molar-refractivity contribution < 1.29 is 9.59 Å². The first-order valence-corrected chi connectivity index (χ1v) is 9.33. The van der Waals surface area contributed by atoms with E-state index in [0.29, 0.717) is 12.1 Å². The smallest absolute Gasteiger partial charge is 0.253 e. The van der Waals surface area contributed by atoms with E-state index in [9.17, 15) is 9.59 Å². The number of carbonyl (C=O) groups is 2. The number of nitrogens with one attached hydrogen (secondary N) is 1. The van der Waals surface area contributed by atoms with Crippen molar-refractivity contribution in [2.75, 3.05) is 32.7 Å². The number of carbonyl (C=O) groups excluding carboxylic acids is 2. The van der Waals surface area contributed by atoms with Gasteiger partial charge in [-0.3, -0.25) is 19.5 Å². The van der Waals surface area contributed by atoms with Crippen LogP contribution < -0.4 is 5.32 Å².